The molecular weight excluding hydrogens is 202 g/mol. The van der Waals surface area contributed by atoms with Gasteiger partial charge in [-0.3, -0.25) is 0 Å². The summed E-state index contributed by atoms with van der Waals surface area (Å²) in [5.41, 5.74) is 2.62. The van der Waals surface area contributed by atoms with Crippen LogP contribution in [-0.2, 0) is 6.54 Å². The summed E-state index contributed by atoms with van der Waals surface area (Å²) in [4.78, 5) is 0. The van der Waals surface area contributed by atoms with Gasteiger partial charge >= 0.3 is 0 Å². The van der Waals surface area contributed by atoms with Gasteiger partial charge in [-0.2, -0.15) is 0 Å². The molecular formula is C13H21NO2. The minimum Gasteiger partial charge on any atom is -0.507 e. The summed E-state index contributed by atoms with van der Waals surface area (Å²) in [5.74, 6) is 0.366. The Kier molecular flexibility index (Phi) is 3.94. The quantitative estimate of drug-likeness (QED) is 0.730. The molecule has 3 N–H and O–H groups in total. The van der Waals surface area contributed by atoms with Crippen LogP contribution in [0.3, 0.4) is 0 Å². The Labute approximate surface area is 97.1 Å². The van der Waals surface area contributed by atoms with Crippen LogP contribution in [0.4, 0.5) is 0 Å². The molecule has 0 amide bonds. The third-order valence-electron chi connectivity index (χ3n) is 2.72. The normalized spacial score (nSPS) is 11.8. The van der Waals surface area contributed by atoms with Gasteiger partial charge in [-0.15, -0.1) is 0 Å². The summed E-state index contributed by atoms with van der Waals surface area (Å²) < 4.78 is 0. The average molecular weight is 223 g/mol. The molecule has 0 aliphatic carbocycles. The molecule has 0 bridgehead atoms. The molecule has 0 aromatic heterocycles. The highest BCUT2D eigenvalue weighted by Gasteiger charge is 2.15. The maximum absolute atomic E-state index is 9.64. The van der Waals surface area contributed by atoms with E-state index in [0.717, 1.165) is 16.7 Å². The number of hydrogen-bond acceptors (Lipinski definition) is 3. The summed E-state index contributed by atoms with van der Waals surface area (Å²) in [7, 11) is 0. The molecule has 1 aromatic rings. The molecule has 3 heteroatoms. The largest absolute Gasteiger partial charge is 0.507 e. The van der Waals surface area contributed by atoms with Gasteiger partial charge in [-0.05, 0) is 44.4 Å². The molecule has 0 aliphatic heterocycles. The first-order chi connectivity index (χ1) is 7.35. The molecule has 1 aromatic carbocycles. The number of aryl methyl sites for hydroxylation is 2. The van der Waals surface area contributed by atoms with Gasteiger partial charge in [0.05, 0.1) is 6.61 Å². The number of aliphatic hydroxyl groups is 1. The number of hydrogen-bond donors (Lipinski definition) is 3. The smallest absolute Gasteiger partial charge is 0.121 e. The number of phenolic OH excluding ortho intramolecular Hbond substituents is 1. The van der Waals surface area contributed by atoms with Gasteiger partial charge in [0.1, 0.15) is 5.75 Å². The molecule has 0 radical (unpaired) electrons. The first-order valence-electron chi connectivity index (χ1n) is 5.51. The lowest BCUT2D eigenvalue weighted by Gasteiger charge is -2.23. The van der Waals surface area contributed by atoms with E-state index in [9.17, 15) is 5.11 Å². The van der Waals surface area contributed by atoms with Crippen LogP contribution in [0, 0.1) is 13.8 Å². The van der Waals surface area contributed by atoms with Crippen LogP contribution < -0.4 is 5.32 Å². The third-order valence-corrected chi connectivity index (χ3v) is 2.72. The minimum absolute atomic E-state index is 0.100. The number of benzene rings is 1. The maximum Gasteiger partial charge on any atom is 0.121 e. The molecule has 0 spiro atoms. The molecule has 0 saturated carbocycles. The van der Waals surface area contributed by atoms with Crippen LogP contribution in [0.15, 0.2) is 12.1 Å². The summed E-state index contributed by atoms with van der Waals surface area (Å²) in [6.07, 6.45) is 0. The van der Waals surface area contributed by atoms with Crippen LogP contribution in [-0.4, -0.2) is 22.4 Å². The fourth-order valence-corrected chi connectivity index (χ4v) is 1.54. The molecule has 1 rings (SSSR count). The highest BCUT2D eigenvalue weighted by Crippen LogP contribution is 2.23. The summed E-state index contributed by atoms with van der Waals surface area (Å²) in [5, 5.41) is 22.0. The van der Waals surface area contributed by atoms with E-state index in [-0.39, 0.29) is 12.1 Å². The standard InChI is InChI=1S/C13H21NO2/c1-9-5-11(6-10(2)12(9)16)7-14-13(3,4)8-15/h5-6,14-16H,7-8H2,1-4H3. The van der Waals surface area contributed by atoms with Crippen molar-refractivity contribution in [2.45, 2.75) is 39.8 Å². The molecule has 0 unspecified atom stereocenters. The first kappa shape index (κ1) is 13.0. The average Bonchev–Trinajstić information content (AvgIpc) is 2.23. The molecule has 0 heterocycles. The molecule has 0 fully saturated rings. The highest BCUT2D eigenvalue weighted by molar-refractivity contribution is 5.42. The fourth-order valence-electron chi connectivity index (χ4n) is 1.54. The lowest BCUT2D eigenvalue weighted by Crippen LogP contribution is -2.42. The van der Waals surface area contributed by atoms with Gasteiger partial charge in [0.25, 0.3) is 0 Å². The second-order valence-electron chi connectivity index (χ2n) is 4.97. The molecule has 16 heavy (non-hydrogen) atoms. The van der Waals surface area contributed by atoms with Crippen LogP contribution in [0.25, 0.3) is 0 Å². The Morgan fingerprint density at radius 1 is 1.19 bits per heavy atom. The maximum atomic E-state index is 9.64. The predicted molar refractivity (Wildman–Crippen MR) is 65.6 cm³/mol. The minimum atomic E-state index is -0.278. The summed E-state index contributed by atoms with van der Waals surface area (Å²) in [6, 6.07) is 3.92. The summed E-state index contributed by atoms with van der Waals surface area (Å²) in [6.45, 7) is 8.48. The molecule has 0 saturated heterocycles. The van der Waals surface area contributed by atoms with Crippen molar-refractivity contribution < 1.29 is 10.2 Å². The fraction of sp³-hybridized carbons (Fsp3) is 0.538. The van der Waals surface area contributed by atoms with E-state index < -0.39 is 0 Å². The van der Waals surface area contributed by atoms with Crippen LogP contribution >= 0.6 is 0 Å². The molecule has 3 nitrogen and oxygen atoms in total. The van der Waals surface area contributed by atoms with Gasteiger partial charge in [0.15, 0.2) is 0 Å². The van der Waals surface area contributed by atoms with Gasteiger partial charge < -0.3 is 15.5 Å². The van der Waals surface area contributed by atoms with Gasteiger partial charge in [0, 0.05) is 12.1 Å². The number of nitrogens with one attached hydrogen (secondary N) is 1. The van der Waals surface area contributed by atoms with Crippen molar-refractivity contribution >= 4 is 0 Å². The zero-order valence-corrected chi connectivity index (χ0v) is 10.5. The van der Waals surface area contributed by atoms with E-state index in [1.165, 1.54) is 0 Å². The Balaban J connectivity index is 2.76. The van der Waals surface area contributed by atoms with E-state index in [2.05, 4.69) is 5.32 Å². The van der Waals surface area contributed by atoms with E-state index in [1.807, 2.05) is 39.8 Å². The molecule has 90 valence electrons. The second-order valence-corrected chi connectivity index (χ2v) is 4.97. The second kappa shape index (κ2) is 4.85. The number of rotatable bonds is 4. The van der Waals surface area contributed by atoms with Crippen molar-refractivity contribution in [3.8, 4) is 5.75 Å². The topological polar surface area (TPSA) is 52.5 Å². The van der Waals surface area contributed by atoms with Crippen molar-refractivity contribution in [2.24, 2.45) is 0 Å². The predicted octanol–water partition coefficient (Wildman–Crippen LogP) is 1.87. The highest BCUT2D eigenvalue weighted by atomic mass is 16.3. The van der Waals surface area contributed by atoms with Crippen LogP contribution in [0.1, 0.15) is 30.5 Å². The number of phenols is 1. The molecule has 0 atom stereocenters. The van der Waals surface area contributed by atoms with Gasteiger partial charge in [0.2, 0.25) is 0 Å². The van der Waals surface area contributed by atoms with E-state index in [4.69, 9.17) is 5.11 Å². The zero-order valence-electron chi connectivity index (χ0n) is 10.5. The molecule has 0 aliphatic rings. The van der Waals surface area contributed by atoms with Crippen molar-refractivity contribution in [3.05, 3.63) is 28.8 Å². The van der Waals surface area contributed by atoms with Gasteiger partial charge in [-0.1, -0.05) is 12.1 Å². The Bertz CT molecular complexity index is 349. The number of aromatic hydroxyl groups is 1. The Morgan fingerprint density at radius 2 is 1.69 bits per heavy atom. The lowest BCUT2D eigenvalue weighted by atomic mass is 10.0. The van der Waals surface area contributed by atoms with E-state index >= 15 is 0 Å². The monoisotopic (exact) mass is 223 g/mol. The van der Waals surface area contributed by atoms with E-state index in [0.29, 0.717) is 12.3 Å². The van der Waals surface area contributed by atoms with Crippen LogP contribution in [0.5, 0.6) is 5.75 Å². The number of aliphatic hydroxyl groups excluding tert-OH is 1. The van der Waals surface area contributed by atoms with Crippen LogP contribution in [0.2, 0.25) is 0 Å². The SMILES string of the molecule is Cc1cc(CNC(C)(C)CO)cc(C)c1O. The van der Waals surface area contributed by atoms with Crippen molar-refractivity contribution in [1.82, 2.24) is 5.32 Å². The summed E-state index contributed by atoms with van der Waals surface area (Å²) >= 11 is 0. The zero-order chi connectivity index (χ0) is 12.3. The van der Waals surface area contributed by atoms with Crippen molar-refractivity contribution in [3.63, 3.8) is 0 Å². The van der Waals surface area contributed by atoms with Crippen molar-refractivity contribution in [2.75, 3.05) is 6.61 Å². The van der Waals surface area contributed by atoms with Crippen molar-refractivity contribution in [1.29, 1.82) is 0 Å². The Morgan fingerprint density at radius 3 is 2.12 bits per heavy atom. The Hall–Kier alpha value is -1.06. The van der Waals surface area contributed by atoms with Gasteiger partial charge in [-0.25, -0.2) is 0 Å². The lowest BCUT2D eigenvalue weighted by molar-refractivity contribution is 0.187. The first-order valence-corrected chi connectivity index (χ1v) is 5.51. The van der Waals surface area contributed by atoms with E-state index in [1.54, 1.807) is 0 Å². The third kappa shape index (κ3) is 3.22.